The fourth-order valence-corrected chi connectivity index (χ4v) is 2.77. The van der Waals surface area contributed by atoms with Crippen LogP contribution in [-0.4, -0.2) is 0 Å². The molecule has 0 amide bonds. The predicted molar refractivity (Wildman–Crippen MR) is 127 cm³/mol. The van der Waals surface area contributed by atoms with Crippen molar-refractivity contribution < 1.29 is 0 Å². The van der Waals surface area contributed by atoms with Gasteiger partial charge in [-0.15, -0.1) is 0 Å². The molecule has 0 radical (unpaired) electrons. The lowest BCUT2D eigenvalue weighted by molar-refractivity contribution is 1.43. The number of nitrogens with one attached hydrogen (secondary N) is 2. The molecule has 0 saturated carbocycles. The Hall–Kier alpha value is -3.52. The predicted octanol–water partition coefficient (Wildman–Crippen LogP) is 7.79. The number of para-hydroxylation sites is 1. The van der Waals surface area contributed by atoms with Gasteiger partial charge in [0.1, 0.15) is 0 Å². The monoisotopic (exact) mass is 380 g/mol. The molecular formula is C27H28N2. The Labute approximate surface area is 174 Å². The van der Waals surface area contributed by atoms with Crippen LogP contribution in [-0.2, 0) is 0 Å². The van der Waals surface area contributed by atoms with Crippen molar-refractivity contribution in [3.8, 4) is 0 Å². The summed E-state index contributed by atoms with van der Waals surface area (Å²) in [5, 5.41) is 6.69. The molecular weight excluding hydrogens is 352 g/mol. The van der Waals surface area contributed by atoms with Gasteiger partial charge >= 0.3 is 0 Å². The zero-order valence-corrected chi connectivity index (χ0v) is 17.3. The van der Waals surface area contributed by atoms with E-state index in [2.05, 4.69) is 116 Å². The second-order valence-corrected chi connectivity index (χ2v) is 7.21. The Morgan fingerprint density at radius 3 is 0.931 bits per heavy atom. The van der Waals surface area contributed by atoms with Crippen LogP contribution < -0.4 is 10.6 Å². The van der Waals surface area contributed by atoms with Crippen molar-refractivity contribution in [2.24, 2.45) is 0 Å². The van der Waals surface area contributed by atoms with Crippen molar-refractivity contribution >= 4 is 22.7 Å². The maximum absolute atomic E-state index is 3.36. The second kappa shape index (κ2) is 10.1. The summed E-state index contributed by atoms with van der Waals surface area (Å²) in [4.78, 5) is 0. The molecule has 4 aromatic carbocycles. The van der Waals surface area contributed by atoms with E-state index >= 15 is 0 Å². The summed E-state index contributed by atoms with van der Waals surface area (Å²) in [5.74, 6) is 0. The van der Waals surface area contributed by atoms with E-state index in [0.29, 0.717) is 0 Å². The first-order valence-electron chi connectivity index (χ1n) is 9.87. The summed E-state index contributed by atoms with van der Waals surface area (Å²) in [5.41, 5.74) is 8.35. The molecule has 0 spiro atoms. The lowest BCUT2D eigenvalue weighted by Gasteiger charge is -2.06. The molecule has 0 aliphatic heterocycles. The third-order valence-corrected chi connectivity index (χ3v) is 4.51. The second-order valence-electron chi connectivity index (χ2n) is 7.21. The van der Waals surface area contributed by atoms with Crippen LogP contribution in [0.25, 0.3) is 0 Å². The van der Waals surface area contributed by atoms with Gasteiger partial charge in [0.05, 0.1) is 0 Å². The summed E-state index contributed by atoms with van der Waals surface area (Å²) in [7, 11) is 0. The summed E-state index contributed by atoms with van der Waals surface area (Å²) in [6, 6.07) is 35.4. The van der Waals surface area contributed by atoms with Gasteiger partial charge in [-0.2, -0.15) is 0 Å². The molecule has 146 valence electrons. The number of hydrogen-bond acceptors (Lipinski definition) is 2. The molecule has 2 N–H and O–H groups in total. The quantitative estimate of drug-likeness (QED) is 0.377. The van der Waals surface area contributed by atoms with Gasteiger partial charge in [-0.3, -0.25) is 0 Å². The minimum atomic E-state index is 1.12. The number of aryl methyl sites for hydroxylation is 3. The average Bonchev–Trinajstić information content (AvgIpc) is 2.74. The molecule has 0 saturated heterocycles. The summed E-state index contributed by atoms with van der Waals surface area (Å²) >= 11 is 0. The highest BCUT2D eigenvalue weighted by molar-refractivity contribution is 5.60. The van der Waals surface area contributed by atoms with Crippen LogP contribution in [0.1, 0.15) is 16.7 Å². The zero-order chi connectivity index (χ0) is 20.5. The van der Waals surface area contributed by atoms with Gasteiger partial charge in [0.2, 0.25) is 0 Å². The molecule has 0 unspecified atom stereocenters. The summed E-state index contributed by atoms with van der Waals surface area (Å²) in [6.45, 7) is 6.28. The number of hydrogen-bond donors (Lipinski definition) is 2. The van der Waals surface area contributed by atoms with Crippen LogP contribution in [0.2, 0.25) is 0 Å². The van der Waals surface area contributed by atoms with Gasteiger partial charge in [0.15, 0.2) is 0 Å². The Morgan fingerprint density at radius 1 is 0.345 bits per heavy atom. The van der Waals surface area contributed by atoms with Crippen molar-refractivity contribution in [1.29, 1.82) is 0 Å². The molecule has 0 aromatic heterocycles. The first-order chi connectivity index (χ1) is 14.1. The third-order valence-electron chi connectivity index (χ3n) is 4.51. The molecule has 2 heteroatoms. The standard InChI is InChI=1S/C14H15N.C13H13N/c1-11-3-7-13(8-4-11)15-14-9-5-12(2)6-10-14;1-11-7-9-13(10-8-11)14-12-5-3-2-4-6-12/h3-10,15H,1-2H3;2-10,14H,1H3. The molecule has 29 heavy (non-hydrogen) atoms. The SMILES string of the molecule is Cc1ccc(Nc2ccc(C)cc2)cc1.Cc1ccc(Nc2ccccc2)cc1. The fourth-order valence-electron chi connectivity index (χ4n) is 2.77. The lowest BCUT2D eigenvalue weighted by atomic mass is 10.2. The fraction of sp³-hybridized carbons (Fsp3) is 0.111. The van der Waals surface area contributed by atoms with E-state index in [0.717, 1.165) is 22.7 Å². The van der Waals surface area contributed by atoms with Crippen LogP contribution in [0.4, 0.5) is 22.7 Å². The average molecular weight is 381 g/mol. The lowest BCUT2D eigenvalue weighted by Crippen LogP contribution is -1.89. The van der Waals surface area contributed by atoms with E-state index in [-0.39, 0.29) is 0 Å². The highest BCUT2D eigenvalue weighted by atomic mass is 14.9. The number of benzene rings is 4. The van der Waals surface area contributed by atoms with Gasteiger partial charge in [-0.25, -0.2) is 0 Å². The first kappa shape index (κ1) is 20.2. The molecule has 0 fully saturated rings. The van der Waals surface area contributed by atoms with E-state index < -0.39 is 0 Å². The largest absolute Gasteiger partial charge is 0.356 e. The van der Waals surface area contributed by atoms with E-state index in [1.165, 1.54) is 16.7 Å². The smallest absolute Gasteiger partial charge is 0.0384 e. The van der Waals surface area contributed by atoms with Crippen molar-refractivity contribution in [3.05, 3.63) is 120 Å². The first-order valence-corrected chi connectivity index (χ1v) is 9.87. The molecule has 0 aliphatic carbocycles. The highest BCUT2D eigenvalue weighted by Crippen LogP contribution is 2.17. The van der Waals surface area contributed by atoms with Crippen LogP contribution in [0.15, 0.2) is 103 Å². The van der Waals surface area contributed by atoms with Crippen LogP contribution in [0.3, 0.4) is 0 Å². The van der Waals surface area contributed by atoms with Crippen molar-refractivity contribution in [2.75, 3.05) is 10.6 Å². The molecule has 0 aliphatic rings. The number of anilines is 4. The van der Waals surface area contributed by atoms with E-state index in [9.17, 15) is 0 Å². The van der Waals surface area contributed by atoms with Gasteiger partial charge < -0.3 is 10.6 Å². The van der Waals surface area contributed by atoms with E-state index in [1.807, 2.05) is 18.2 Å². The Morgan fingerprint density at radius 2 is 0.621 bits per heavy atom. The van der Waals surface area contributed by atoms with Crippen molar-refractivity contribution in [2.45, 2.75) is 20.8 Å². The molecule has 0 atom stereocenters. The number of rotatable bonds is 4. The Kier molecular flexibility index (Phi) is 7.07. The Bertz CT molecular complexity index is 944. The molecule has 0 bridgehead atoms. The molecule has 4 rings (SSSR count). The van der Waals surface area contributed by atoms with Gasteiger partial charge in [-0.1, -0.05) is 71.3 Å². The van der Waals surface area contributed by atoms with Crippen molar-refractivity contribution in [3.63, 3.8) is 0 Å². The van der Waals surface area contributed by atoms with Crippen LogP contribution in [0.5, 0.6) is 0 Å². The van der Waals surface area contributed by atoms with Crippen LogP contribution >= 0.6 is 0 Å². The van der Waals surface area contributed by atoms with Gasteiger partial charge in [0, 0.05) is 22.7 Å². The van der Waals surface area contributed by atoms with Crippen LogP contribution in [0, 0.1) is 20.8 Å². The molecule has 4 aromatic rings. The van der Waals surface area contributed by atoms with Gasteiger partial charge in [-0.05, 0) is 69.3 Å². The zero-order valence-electron chi connectivity index (χ0n) is 17.3. The Balaban J connectivity index is 0.000000166. The van der Waals surface area contributed by atoms with Gasteiger partial charge in [0.25, 0.3) is 0 Å². The minimum absolute atomic E-state index is 1.12. The summed E-state index contributed by atoms with van der Waals surface area (Å²) < 4.78 is 0. The minimum Gasteiger partial charge on any atom is -0.356 e. The summed E-state index contributed by atoms with van der Waals surface area (Å²) in [6.07, 6.45) is 0. The maximum atomic E-state index is 3.36. The van der Waals surface area contributed by atoms with E-state index in [4.69, 9.17) is 0 Å². The van der Waals surface area contributed by atoms with E-state index in [1.54, 1.807) is 0 Å². The topological polar surface area (TPSA) is 24.1 Å². The third kappa shape index (κ3) is 6.86. The maximum Gasteiger partial charge on any atom is 0.0384 e. The highest BCUT2D eigenvalue weighted by Gasteiger charge is 1.94. The van der Waals surface area contributed by atoms with Crippen molar-refractivity contribution in [1.82, 2.24) is 0 Å². The molecule has 2 nitrogen and oxygen atoms in total. The normalized spacial score (nSPS) is 9.90. The molecule has 0 heterocycles.